The van der Waals surface area contributed by atoms with Crippen LogP contribution in [0.1, 0.15) is 53.2 Å². The van der Waals surface area contributed by atoms with E-state index in [0.29, 0.717) is 18.3 Å². The number of benzene rings is 1. The maximum absolute atomic E-state index is 12.8. The first-order valence-electron chi connectivity index (χ1n) is 9.34. The number of nitrogens with one attached hydrogen (secondary N) is 2. The molecule has 2 saturated heterocycles. The second kappa shape index (κ2) is 8.82. The molecule has 2 atom stereocenters. The molecule has 0 aliphatic carbocycles. The van der Waals surface area contributed by atoms with Gasteiger partial charge in [-0.1, -0.05) is 35.5 Å². The molecule has 1 aromatic carbocycles. The zero-order chi connectivity index (χ0) is 17.9. The quantitative estimate of drug-likeness (QED) is 0.835. The minimum atomic E-state index is -0.167. The van der Waals surface area contributed by atoms with Crippen molar-refractivity contribution in [3.63, 3.8) is 0 Å². The molecule has 27 heavy (non-hydrogen) atoms. The van der Waals surface area contributed by atoms with E-state index >= 15 is 0 Å². The lowest BCUT2D eigenvalue weighted by Gasteiger charge is -2.23. The first-order valence-corrected chi connectivity index (χ1v) is 9.34. The SMILES string of the molecule is Cc1c(C(=O)NC2CCOC2c2ccccc2)nnn1C1CCNCC1.Cl. The molecule has 2 unspecified atom stereocenters. The Kier molecular flexibility index (Phi) is 6.46. The molecule has 2 aliphatic rings. The number of hydrogen-bond acceptors (Lipinski definition) is 5. The van der Waals surface area contributed by atoms with Gasteiger partial charge in [0.15, 0.2) is 5.69 Å². The Bertz CT molecular complexity index is 761. The fourth-order valence-corrected chi connectivity index (χ4v) is 3.89. The first kappa shape index (κ1) is 19.8. The van der Waals surface area contributed by atoms with Gasteiger partial charge in [0.2, 0.25) is 0 Å². The molecular weight excluding hydrogens is 366 g/mol. The van der Waals surface area contributed by atoms with E-state index in [-0.39, 0.29) is 30.5 Å². The Morgan fingerprint density at radius 3 is 2.70 bits per heavy atom. The van der Waals surface area contributed by atoms with Crippen LogP contribution in [0.5, 0.6) is 0 Å². The maximum Gasteiger partial charge on any atom is 0.274 e. The van der Waals surface area contributed by atoms with Gasteiger partial charge in [0.25, 0.3) is 5.91 Å². The van der Waals surface area contributed by atoms with E-state index in [0.717, 1.165) is 43.6 Å². The molecule has 0 bridgehead atoms. The molecule has 0 radical (unpaired) electrons. The van der Waals surface area contributed by atoms with E-state index in [2.05, 4.69) is 20.9 Å². The second-order valence-electron chi connectivity index (χ2n) is 7.02. The molecule has 7 nitrogen and oxygen atoms in total. The van der Waals surface area contributed by atoms with Crippen molar-refractivity contribution < 1.29 is 9.53 Å². The number of hydrogen-bond donors (Lipinski definition) is 2. The van der Waals surface area contributed by atoms with E-state index in [4.69, 9.17) is 4.74 Å². The highest BCUT2D eigenvalue weighted by Gasteiger charge is 2.32. The summed E-state index contributed by atoms with van der Waals surface area (Å²) in [7, 11) is 0. The topological polar surface area (TPSA) is 81.1 Å². The van der Waals surface area contributed by atoms with Crippen LogP contribution in [0.15, 0.2) is 30.3 Å². The highest BCUT2D eigenvalue weighted by Crippen LogP contribution is 2.29. The third-order valence-electron chi connectivity index (χ3n) is 5.33. The van der Waals surface area contributed by atoms with Gasteiger partial charge in [-0.2, -0.15) is 0 Å². The lowest BCUT2D eigenvalue weighted by molar-refractivity contribution is 0.0817. The van der Waals surface area contributed by atoms with Crippen molar-refractivity contribution in [3.8, 4) is 0 Å². The average molecular weight is 392 g/mol. The molecule has 1 aromatic heterocycles. The standard InChI is InChI=1S/C19H25N5O2.ClH/c1-13-17(22-23-24(13)15-7-10-20-11-8-15)19(25)21-16-9-12-26-18(16)14-5-3-2-4-6-14;/h2-6,15-16,18,20H,7-12H2,1H3,(H,21,25);1H. The largest absolute Gasteiger partial charge is 0.371 e. The number of carbonyl (C=O) groups is 1. The van der Waals surface area contributed by atoms with Gasteiger partial charge in [0.05, 0.1) is 17.8 Å². The molecule has 3 heterocycles. The van der Waals surface area contributed by atoms with Crippen molar-refractivity contribution in [2.24, 2.45) is 0 Å². The van der Waals surface area contributed by atoms with Crippen LogP contribution in [0, 0.1) is 6.92 Å². The zero-order valence-corrected chi connectivity index (χ0v) is 16.2. The van der Waals surface area contributed by atoms with Gasteiger partial charge in [-0.3, -0.25) is 4.79 Å². The van der Waals surface area contributed by atoms with E-state index < -0.39 is 0 Å². The number of halogens is 1. The second-order valence-corrected chi connectivity index (χ2v) is 7.02. The Balaban J connectivity index is 0.00000210. The van der Waals surface area contributed by atoms with Gasteiger partial charge < -0.3 is 15.4 Å². The minimum Gasteiger partial charge on any atom is -0.371 e. The lowest BCUT2D eigenvalue weighted by Crippen LogP contribution is -2.37. The third-order valence-corrected chi connectivity index (χ3v) is 5.33. The van der Waals surface area contributed by atoms with Crippen LogP contribution < -0.4 is 10.6 Å². The van der Waals surface area contributed by atoms with Gasteiger partial charge in [0, 0.05) is 6.61 Å². The fourth-order valence-electron chi connectivity index (χ4n) is 3.89. The Morgan fingerprint density at radius 1 is 1.22 bits per heavy atom. The number of amides is 1. The van der Waals surface area contributed by atoms with Crippen LogP contribution in [0.25, 0.3) is 0 Å². The Morgan fingerprint density at radius 2 is 1.96 bits per heavy atom. The Labute approximate surface area is 165 Å². The average Bonchev–Trinajstić information content (AvgIpc) is 3.29. The molecule has 2 N–H and O–H groups in total. The summed E-state index contributed by atoms with van der Waals surface area (Å²) in [5.41, 5.74) is 2.34. The summed E-state index contributed by atoms with van der Waals surface area (Å²) in [4.78, 5) is 12.8. The van der Waals surface area contributed by atoms with Crippen LogP contribution in [-0.4, -0.2) is 46.6 Å². The minimum absolute atomic E-state index is 0. The van der Waals surface area contributed by atoms with Crippen LogP contribution in [0.3, 0.4) is 0 Å². The van der Waals surface area contributed by atoms with Crippen molar-refractivity contribution in [3.05, 3.63) is 47.3 Å². The summed E-state index contributed by atoms with van der Waals surface area (Å²) < 4.78 is 7.77. The number of nitrogens with zero attached hydrogens (tertiary/aromatic N) is 3. The van der Waals surface area contributed by atoms with Gasteiger partial charge in [-0.05, 0) is 44.8 Å². The van der Waals surface area contributed by atoms with Crippen molar-refractivity contribution in [2.45, 2.75) is 44.4 Å². The lowest BCUT2D eigenvalue weighted by atomic mass is 10.0. The number of rotatable bonds is 4. The summed E-state index contributed by atoms with van der Waals surface area (Å²) in [6.07, 6.45) is 2.71. The van der Waals surface area contributed by atoms with Crippen LogP contribution in [-0.2, 0) is 4.74 Å². The number of ether oxygens (including phenoxy) is 1. The van der Waals surface area contributed by atoms with Crippen LogP contribution in [0.4, 0.5) is 0 Å². The van der Waals surface area contributed by atoms with Crippen molar-refractivity contribution in [1.29, 1.82) is 0 Å². The molecule has 2 aliphatic heterocycles. The molecule has 8 heteroatoms. The summed E-state index contributed by atoms with van der Waals surface area (Å²) in [5, 5.41) is 14.9. The number of piperidine rings is 1. The van der Waals surface area contributed by atoms with Crippen molar-refractivity contribution >= 4 is 18.3 Å². The van der Waals surface area contributed by atoms with Crippen LogP contribution in [0.2, 0.25) is 0 Å². The molecule has 2 fully saturated rings. The molecule has 4 rings (SSSR count). The van der Waals surface area contributed by atoms with Gasteiger partial charge in [-0.15, -0.1) is 17.5 Å². The van der Waals surface area contributed by atoms with Crippen LogP contribution >= 0.6 is 12.4 Å². The monoisotopic (exact) mass is 391 g/mol. The fraction of sp³-hybridized carbons (Fsp3) is 0.526. The maximum atomic E-state index is 12.8. The smallest absolute Gasteiger partial charge is 0.274 e. The number of carbonyl (C=O) groups excluding carboxylic acids is 1. The van der Waals surface area contributed by atoms with E-state index in [1.165, 1.54) is 0 Å². The molecule has 0 saturated carbocycles. The molecule has 1 amide bonds. The zero-order valence-electron chi connectivity index (χ0n) is 15.4. The highest BCUT2D eigenvalue weighted by molar-refractivity contribution is 5.93. The predicted molar refractivity (Wildman–Crippen MR) is 104 cm³/mol. The van der Waals surface area contributed by atoms with Gasteiger partial charge >= 0.3 is 0 Å². The van der Waals surface area contributed by atoms with Gasteiger partial charge in [0.1, 0.15) is 6.10 Å². The molecular formula is C19H26ClN5O2. The summed E-state index contributed by atoms with van der Waals surface area (Å²) in [5.74, 6) is -0.167. The van der Waals surface area contributed by atoms with E-state index in [1.807, 2.05) is 41.9 Å². The van der Waals surface area contributed by atoms with E-state index in [9.17, 15) is 4.79 Å². The molecule has 146 valence electrons. The Hall–Kier alpha value is -1.96. The van der Waals surface area contributed by atoms with Crippen molar-refractivity contribution in [1.82, 2.24) is 25.6 Å². The summed E-state index contributed by atoms with van der Waals surface area (Å²) in [6.45, 7) is 4.52. The van der Waals surface area contributed by atoms with Crippen molar-refractivity contribution in [2.75, 3.05) is 19.7 Å². The molecule has 0 spiro atoms. The third kappa shape index (κ3) is 4.15. The summed E-state index contributed by atoms with van der Waals surface area (Å²) >= 11 is 0. The summed E-state index contributed by atoms with van der Waals surface area (Å²) in [6, 6.07) is 10.3. The first-order chi connectivity index (χ1) is 12.7. The van der Waals surface area contributed by atoms with E-state index in [1.54, 1.807) is 0 Å². The number of aromatic nitrogens is 3. The highest BCUT2D eigenvalue weighted by atomic mass is 35.5. The molecule has 2 aromatic rings. The van der Waals surface area contributed by atoms with Gasteiger partial charge in [-0.25, -0.2) is 4.68 Å². The predicted octanol–water partition coefficient (Wildman–Crippen LogP) is 2.19. The normalized spacial score (nSPS) is 23.0.